The van der Waals surface area contributed by atoms with Crippen molar-refractivity contribution in [2.24, 2.45) is 5.73 Å². The van der Waals surface area contributed by atoms with Crippen molar-refractivity contribution in [3.05, 3.63) is 0 Å². The number of nitrogens with one attached hydrogen (secondary N) is 1. The van der Waals surface area contributed by atoms with Gasteiger partial charge >= 0.3 is 85.1 Å². The summed E-state index contributed by atoms with van der Waals surface area (Å²) in [5, 5.41) is 0. The first-order chi connectivity index (χ1) is 8.28. The van der Waals surface area contributed by atoms with E-state index in [0.29, 0.717) is 6.54 Å². The Morgan fingerprint density at radius 2 is 1.72 bits per heavy atom. The normalized spacial score (nSPS) is 10.4. The number of rotatable bonds is 4. The summed E-state index contributed by atoms with van der Waals surface area (Å²) < 4.78 is 21.8. The Labute approximate surface area is 116 Å². The zero-order chi connectivity index (χ0) is 14.2. The Kier molecular flexibility index (Phi) is 8.18. The summed E-state index contributed by atoms with van der Waals surface area (Å²) in [6.45, 7) is 0.684. The van der Waals surface area contributed by atoms with Crippen LogP contribution in [-0.4, -0.2) is 48.3 Å². The number of hydrogen-bond acceptors (Lipinski definition) is 10. The quantitative estimate of drug-likeness (QED) is 0.177. The minimum atomic E-state index is -4.40. The van der Waals surface area contributed by atoms with Gasteiger partial charge < -0.3 is 5.73 Å². The molecule has 0 fully saturated rings. The summed E-state index contributed by atoms with van der Waals surface area (Å²) in [4.78, 5) is 10.6. The van der Waals surface area contributed by atoms with E-state index in [1.807, 2.05) is 5.48 Å². The number of nitrogens with two attached hydrogens (primary N) is 3. The van der Waals surface area contributed by atoms with Gasteiger partial charge in [-0.2, -0.15) is 12.6 Å². The van der Waals surface area contributed by atoms with E-state index in [4.69, 9.17) is 25.4 Å². The van der Waals surface area contributed by atoms with Gasteiger partial charge in [-0.1, -0.05) is 0 Å². The molecule has 0 aliphatic rings. The molecule has 0 radical (unpaired) electrons. The molecule has 104 valence electrons. The van der Waals surface area contributed by atoms with Gasteiger partial charge in [0.05, 0.1) is 0 Å². The second-order valence-corrected chi connectivity index (χ2v) is 7.93. The van der Waals surface area contributed by atoms with Crippen molar-refractivity contribution in [2.75, 3.05) is 29.2 Å². The molecule has 0 amide bonds. The molecule has 13 heteroatoms. The van der Waals surface area contributed by atoms with Gasteiger partial charge in [0.2, 0.25) is 0 Å². The van der Waals surface area contributed by atoms with E-state index in [9.17, 15) is 0 Å². The van der Waals surface area contributed by atoms with Gasteiger partial charge in [-0.05, 0) is 0 Å². The van der Waals surface area contributed by atoms with E-state index in [-0.39, 0.29) is 17.8 Å². The molecular formula is C5H14AsN7O3S2. The molecule has 0 aliphatic heterocycles. The van der Waals surface area contributed by atoms with Crippen molar-refractivity contribution in [1.82, 2.24) is 15.0 Å². The maximum atomic E-state index is 8.74. The molecule has 1 aromatic rings. The first-order valence-corrected chi connectivity index (χ1v) is 10.1. The fourth-order valence-corrected chi connectivity index (χ4v) is 1.17. The average molecular weight is 359 g/mol. The molecule has 0 spiro atoms. The first-order valence-electron chi connectivity index (χ1n) is 4.36. The van der Waals surface area contributed by atoms with Crippen LogP contribution in [0, 0.1) is 0 Å². The van der Waals surface area contributed by atoms with Crippen LogP contribution in [0.1, 0.15) is 0 Å². The third-order valence-corrected chi connectivity index (χ3v) is 2.39. The molecule has 0 saturated heterocycles. The fourth-order valence-electron chi connectivity index (χ4n) is 0.555. The summed E-state index contributed by atoms with van der Waals surface area (Å²) in [5.74, 6) is 0.397. The van der Waals surface area contributed by atoms with Gasteiger partial charge in [0, 0.05) is 12.3 Å². The monoisotopic (exact) mass is 359 g/mol. The molecular weight excluding hydrogens is 345 g/mol. The van der Waals surface area contributed by atoms with Crippen molar-refractivity contribution in [1.29, 1.82) is 0 Å². The number of nitrogens with zero attached hydrogens (tertiary/aromatic N) is 3. The molecule has 18 heavy (non-hydrogen) atoms. The van der Waals surface area contributed by atoms with Gasteiger partial charge in [-0.15, -0.1) is 0 Å². The van der Waals surface area contributed by atoms with E-state index >= 15 is 0 Å². The van der Waals surface area contributed by atoms with Gasteiger partial charge in [-0.3, -0.25) is 0 Å². The number of aromatic nitrogens is 3. The standard InChI is InChI=1S/C3H7AsN6O3S.C2H7NS/c5-1-7-2(6)9-3(8-1)10-13-4(11,12)14;3-1-2-4/h(H2,11,12,14)(H5,5,6,7,8,9,10);4H,1-3H2. The third kappa shape index (κ3) is 9.41. The Morgan fingerprint density at radius 3 is 2.06 bits per heavy atom. The van der Waals surface area contributed by atoms with Gasteiger partial charge in [0.15, 0.2) is 0 Å². The molecule has 0 saturated carbocycles. The SMILES string of the molecule is NCCS.Nc1nc(N)nc(NO[As](O)(O)=S)n1. The summed E-state index contributed by atoms with van der Waals surface area (Å²) in [6.07, 6.45) is 0. The molecule has 9 N–H and O–H groups in total. The van der Waals surface area contributed by atoms with E-state index < -0.39 is 12.9 Å². The van der Waals surface area contributed by atoms with Crippen molar-refractivity contribution in [3.63, 3.8) is 0 Å². The molecule has 0 atom stereocenters. The predicted octanol–water partition coefficient (Wildman–Crippen LogP) is -2.13. The van der Waals surface area contributed by atoms with Crippen molar-refractivity contribution in [2.45, 2.75) is 0 Å². The zero-order valence-electron chi connectivity index (χ0n) is 9.09. The second kappa shape index (κ2) is 8.48. The summed E-state index contributed by atoms with van der Waals surface area (Å²) >= 11 is -0.602. The molecule has 1 aromatic heterocycles. The molecule has 1 heterocycles. The van der Waals surface area contributed by atoms with Crippen LogP contribution < -0.4 is 22.7 Å². The molecule has 1 rings (SSSR count). The predicted molar refractivity (Wildman–Crippen MR) is 74.0 cm³/mol. The van der Waals surface area contributed by atoms with Crippen LogP contribution in [0.2, 0.25) is 0 Å². The van der Waals surface area contributed by atoms with Gasteiger partial charge in [0.25, 0.3) is 0 Å². The van der Waals surface area contributed by atoms with Crippen LogP contribution in [0.5, 0.6) is 0 Å². The Bertz CT molecular complexity index is 394. The van der Waals surface area contributed by atoms with E-state index in [1.165, 1.54) is 0 Å². The fraction of sp³-hybridized carbons (Fsp3) is 0.400. The van der Waals surface area contributed by atoms with Crippen LogP contribution in [0.15, 0.2) is 0 Å². The first kappa shape index (κ1) is 17.4. The zero-order valence-corrected chi connectivity index (χ0v) is 12.7. The van der Waals surface area contributed by atoms with E-state index in [2.05, 4.69) is 41.8 Å². The molecule has 0 aromatic carbocycles. The number of nitrogen functional groups attached to an aromatic ring is 2. The Balaban J connectivity index is 0.000000631. The minimum absolute atomic E-state index is 0.125. The molecule has 0 bridgehead atoms. The Hall–Kier alpha value is -0.622. The van der Waals surface area contributed by atoms with Crippen molar-refractivity contribution in [3.8, 4) is 0 Å². The van der Waals surface area contributed by atoms with Crippen LogP contribution in [0.25, 0.3) is 0 Å². The topological polar surface area (TPSA) is 178 Å². The van der Waals surface area contributed by atoms with Crippen LogP contribution >= 0.6 is 23.0 Å². The average Bonchev–Trinajstić information content (AvgIpc) is 2.25. The number of hydrogen-bond donors (Lipinski definition) is 7. The molecule has 0 unspecified atom stereocenters. The molecule has 10 nitrogen and oxygen atoms in total. The van der Waals surface area contributed by atoms with Crippen LogP contribution in [0.3, 0.4) is 0 Å². The van der Waals surface area contributed by atoms with Gasteiger partial charge in [-0.25, -0.2) is 0 Å². The van der Waals surface area contributed by atoms with E-state index in [1.54, 1.807) is 0 Å². The summed E-state index contributed by atoms with van der Waals surface area (Å²) in [5.41, 5.74) is 17.4. The summed E-state index contributed by atoms with van der Waals surface area (Å²) in [6, 6.07) is 0. The van der Waals surface area contributed by atoms with Crippen molar-refractivity contribution >= 4 is 53.8 Å². The van der Waals surface area contributed by atoms with Crippen LogP contribution in [-0.2, 0) is 3.83 Å². The van der Waals surface area contributed by atoms with Crippen LogP contribution in [0.4, 0.5) is 17.8 Å². The Morgan fingerprint density at radius 1 is 1.28 bits per heavy atom. The summed E-state index contributed by atoms with van der Waals surface area (Å²) in [7, 11) is 4.21. The third-order valence-electron chi connectivity index (χ3n) is 1.05. The van der Waals surface area contributed by atoms with Crippen molar-refractivity contribution < 1.29 is 12.0 Å². The van der Waals surface area contributed by atoms with E-state index in [0.717, 1.165) is 5.75 Å². The molecule has 0 aliphatic carbocycles. The second-order valence-electron chi connectivity index (χ2n) is 2.57. The number of thiol groups is 1. The number of anilines is 3. The maximum absolute atomic E-state index is 8.74. The van der Waals surface area contributed by atoms with Gasteiger partial charge in [0.1, 0.15) is 0 Å².